The minimum absolute atomic E-state index is 0.0522. The van der Waals surface area contributed by atoms with Crippen LogP contribution in [0, 0.1) is 5.92 Å². The van der Waals surface area contributed by atoms with E-state index in [1.54, 1.807) is 24.9 Å². The van der Waals surface area contributed by atoms with Gasteiger partial charge in [-0.25, -0.2) is 19.3 Å². The molecule has 1 aliphatic heterocycles. The van der Waals surface area contributed by atoms with E-state index in [4.69, 9.17) is 4.98 Å². The van der Waals surface area contributed by atoms with E-state index in [0.717, 1.165) is 41.1 Å². The Kier molecular flexibility index (Phi) is 5.13. The van der Waals surface area contributed by atoms with Crippen molar-refractivity contribution in [2.75, 3.05) is 30.5 Å². The minimum atomic E-state index is -2.13. The third kappa shape index (κ3) is 4.20. The lowest BCUT2D eigenvalue weighted by Gasteiger charge is -2.35. The van der Waals surface area contributed by atoms with Gasteiger partial charge in [-0.1, -0.05) is 6.92 Å². The van der Waals surface area contributed by atoms with Gasteiger partial charge in [-0.3, -0.25) is 8.61 Å². The fourth-order valence-electron chi connectivity index (χ4n) is 3.71. The zero-order valence-corrected chi connectivity index (χ0v) is 18.5. The highest BCUT2D eigenvalue weighted by Crippen LogP contribution is 2.26. The van der Waals surface area contributed by atoms with E-state index in [9.17, 15) is 4.21 Å². The highest BCUT2D eigenvalue weighted by atomic mass is 79.9. The first-order valence-electron chi connectivity index (χ1n) is 9.16. The number of hydrogen-bond acceptors (Lipinski definition) is 6. The van der Waals surface area contributed by atoms with Gasteiger partial charge in [-0.05, 0) is 46.5 Å². The summed E-state index contributed by atoms with van der Waals surface area (Å²) in [6.07, 6.45) is 9.88. The minimum Gasteiger partial charge on any atom is -0.354 e. The largest absolute Gasteiger partial charge is 0.354 e. The van der Waals surface area contributed by atoms with E-state index in [1.807, 2.05) is 28.8 Å². The predicted molar refractivity (Wildman–Crippen MR) is 116 cm³/mol. The zero-order valence-electron chi connectivity index (χ0n) is 16.1. The highest BCUT2D eigenvalue weighted by molar-refractivity contribution is 9.10. The van der Waals surface area contributed by atoms with Gasteiger partial charge >= 0.3 is 0 Å². The Morgan fingerprint density at radius 2 is 2.04 bits per heavy atom. The second-order valence-corrected chi connectivity index (χ2v) is 11.1. The van der Waals surface area contributed by atoms with Gasteiger partial charge in [0, 0.05) is 52.2 Å². The van der Waals surface area contributed by atoms with Crippen LogP contribution in [0.1, 0.15) is 13.3 Å². The molecular formula is C19H23BrN6OS. The summed E-state index contributed by atoms with van der Waals surface area (Å²) in [4.78, 5) is 15.9. The lowest BCUT2D eigenvalue weighted by atomic mass is 9.97. The van der Waals surface area contributed by atoms with E-state index in [2.05, 4.69) is 42.1 Å². The highest BCUT2D eigenvalue weighted by Gasteiger charge is 2.26. The van der Waals surface area contributed by atoms with E-state index in [-0.39, 0.29) is 6.04 Å². The molecule has 0 amide bonds. The third-order valence-electron chi connectivity index (χ3n) is 4.70. The number of pyridine rings is 1. The topological polar surface area (TPSA) is 75.8 Å². The summed E-state index contributed by atoms with van der Waals surface area (Å²) < 4.78 is 19.6. The van der Waals surface area contributed by atoms with Crippen LogP contribution >= 0.6 is 15.9 Å². The Bertz CT molecular complexity index is 1130. The Labute approximate surface area is 173 Å². The van der Waals surface area contributed by atoms with Gasteiger partial charge in [0.15, 0.2) is 5.82 Å². The monoisotopic (exact) mass is 462 g/mol. The van der Waals surface area contributed by atoms with Crippen LogP contribution in [0.5, 0.6) is 0 Å². The number of piperidine rings is 1. The fourth-order valence-corrected chi connectivity index (χ4v) is 4.92. The van der Waals surface area contributed by atoms with E-state index >= 15 is 0 Å². The maximum atomic E-state index is 12.1. The Balaban J connectivity index is 1.68. The van der Waals surface area contributed by atoms with E-state index in [1.165, 1.54) is 0 Å². The van der Waals surface area contributed by atoms with Crippen molar-refractivity contribution in [2.45, 2.75) is 19.4 Å². The first-order valence-corrected chi connectivity index (χ1v) is 12.3. The first-order chi connectivity index (χ1) is 13.3. The van der Waals surface area contributed by atoms with Crippen LogP contribution in [0.2, 0.25) is 0 Å². The van der Waals surface area contributed by atoms with Crippen LogP contribution in [0.15, 0.2) is 45.6 Å². The number of aromatic nitrogens is 4. The molecule has 148 valence electrons. The molecule has 4 rings (SSSR count). The molecule has 7 nitrogen and oxygen atoms in total. The maximum absolute atomic E-state index is 12.1. The Hall–Kier alpha value is -2.00. The SMILES string of the molecule is C[C@@H]1C[C@H](N=S(C)(C)=O)CN(c2ccnc(-c3cnc4ccc(Br)cn34)n2)C1. The fraction of sp³-hybridized carbons (Fsp3) is 0.421. The molecule has 4 heterocycles. The van der Waals surface area contributed by atoms with Crippen LogP contribution < -0.4 is 4.90 Å². The molecule has 0 N–H and O–H groups in total. The summed E-state index contributed by atoms with van der Waals surface area (Å²) in [6.45, 7) is 3.82. The summed E-state index contributed by atoms with van der Waals surface area (Å²) in [5.74, 6) is 1.94. The van der Waals surface area contributed by atoms with Gasteiger partial charge in [0.05, 0.1) is 12.2 Å². The molecule has 3 aromatic rings. The smallest absolute Gasteiger partial charge is 0.180 e. The van der Waals surface area contributed by atoms with Crippen LogP contribution in [-0.2, 0) is 9.73 Å². The second kappa shape index (κ2) is 7.44. The van der Waals surface area contributed by atoms with Crippen molar-refractivity contribution >= 4 is 37.1 Å². The molecule has 1 fully saturated rings. The molecule has 1 aliphatic rings. The lowest BCUT2D eigenvalue weighted by molar-refractivity contribution is 0.402. The molecule has 0 saturated carbocycles. The summed E-state index contributed by atoms with van der Waals surface area (Å²) in [6, 6.07) is 5.88. The van der Waals surface area contributed by atoms with Gasteiger partial charge in [0.25, 0.3) is 0 Å². The van der Waals surface area contributed by atoms with Crippen molar-refractivity contribution in [2.24, 2.45) is 10.3 Å². The molecule has 0 unspecified atom stereocenters. The molecule has 0 aliphatic carbocycles. The summed E-state index contributed by atoms with van der Waals surface area (Å²) in [5, 5.41) is 0. The standard InChI is InChI=1S/C19H23BrN6OS/c1-13-8-15(24-28(2,3)27)12-25(10-13)18-6-7-21-19(23-18)16-9-22-17-5-4-14(20)11-26(16)17/h4-7,9,11,13,15H,8,10,12H2,1-3H3/t13-,15+/m1/s1. The normalized spacial score (nSPS) is 20.5. The predicted octanol–water partition coefficient (Wildman–Crippen LogP) is 3.50. The van der Waals surface area contributed by atoms with Crippen LogP contribution in [0.4, 0.5) is 5.82 Å². The first kappa shape index (κ1) is 19.3. The van der Waals surface area contributed by atoms with Crippen molar-refractivity contribution in [1.29, 1.82) is 0 Å². The van der Waals surface area contributed by atoms with Crippen molar-refractivity contribution in [3.05, 3.63) is 41.3 Å². The van der Waals surface area contributed by atoms with Crippen molar-refractivity contribution in [3.8, 4) is 11.5 Å². The summed E-state index contributed by atoms with van der Waals surface area (Å²) >= 11 is 3.51. The average molecular weight is 463 g/mol. The quantitative estimate of drug-likeness (QED) is 0.595. The number of imidazole rings is 1. The van der Waals surface area contributed by atoms with Gasteiger partial charge < -0.3 is 4.90 Å². The molecule has 0 aromatic carbocycles. The summed E-state index contributed by atoms with van der Waals surface area (Å²) in [5.41, 5.74) is 1.69. The average Bonchev–Trinajstić information content (AvgIpc) is 3.03. The summed E-state index contributed by atoms with van der Waals surface area (Å²) in [7, 11) is -2.13. The number of halogens is 1. The number of rotatable bonds is 3. The number of nitrogens with zero attached hydrogens (tertiary/aromatic N) is 6. The van der Waals surface area contributed by atoms with Crippen molar-refractivity contribution < 1.29 is 4.21 Å². The molecule has 2 atom stereocenters. The van der Waals surface area contributed by atoms with Gasteiger partial charge in [-0.2, -0.15) is 0 Å². The van der Waals surface area contributed by atoms with E-state index < -0.39 is 9.73 Å². The van der Waals surface area contributed by atoms with Crippen LogP contribution in [-0.4, -0.2) is 55.2 Å². The second-order valence-electron chi connectivity index (χ2n) is 7.64. The molecule has 0 radical (unpaired) electrons. The third-order valence-corrected chi connectivity index (χ3v) is 5.98. The van der Waals surface area contributed by atoms with Gasteiger partial charge in [-0.15, -0.1) is 0 Å². The molecule has 3 aromatic heterocycles. The maximum Gasteiger partial charge on any atom is 0.180 e. The van der Waals surface area contributed by atoms with Crippen molar-refractivity contribution in [1.82, 2.24) is 19.4 Å². The van der Waals surface area contributed by atoms with Gasteiger partial charge in [0.2, 0.25) is 0 Å². The Morgan fingerprint density at radius 3 is 2.82 bits per heavy atom. The Morgan fingerprint density at radius 1 is 1.21 bits per heavy atom. The van der Waals surface area contributed by atoms with Crippen LogP contribution in [0.25, 0.3) is 17.2 Å². The number of fused-ring (bicyclic) bond motifs is 1. The molecule has 1 saturated heterocycles. The molecule has 0 spiro atoms. The zero-order chi connectivity index (χ0) is 19.9. The molecule has 28 heavy (non-hydrogen) atoms. The lowest BCUT2D eigenvalue weighted by Crippen LogP contribution is -2.42. The molecule has 9 heteroatoms. The van der Waals surface area contributed by atoms with Crippen LogP contribution in [0.3, 0.4) is 0 Å². The molecular weight excluding hydrogens is 440 g/mol. The van der Waals surface area contributed by atoms with E-state index in [0.29, 0.717) is 11.7 Å². The molecule has 0 bridgehead atoms. The van der Waals surface area contributed by atoms with Gasteiger partial charge in [0.1, 0.15) is 17.2 Å². The van der Waals surface area contributed by atoms with Crippen molar-refractivity contribution in [3.63, 3.8) is 0 Å². The number of anilines is 1. The number of hydrogen-bond donors (Lipinski definition) is 0.